The number of carbonyl (C=O) groups is 2. The minimum Gasteiger partial charge on any atom is -0.457 e. The van der Waals surface area contributed by atoms with Crippen LogP contribution in [-0.4, -0.2) is 21.8 Å². The van der Waals surface area contributed by atoms with E-state index in [1.54, 1.807) is 48.5 Å². The first-order chi connectivity index (χ1) is 17.4. The molecule has 1 aliphatic rings. The van der Waals surface area contributed by atoms with E-state index in [-0.39, 0.29) is 23.8 Å². The van der Waals surface area contributed by atoms with Crippen LogP contribution < -0.4 is 26.2 Å². The second-order valence-corrected chi connectivity index (χ2v) is 8.48. The quantitative estimate of drug-likeness (QED) is 0.294. The predicted molar refractivity (Wildman–Crippen MR) is 137 cm³/mol. The summed E-state index contributed by atoms with van der Waals surface area (Å²) in [5.74, 6) is -0.489. The van der Waals surface area contributed by atoms with Crippen molar-refractivity contribution in [2.24, 2.45) is 0 Å². The molecule has 0 radical (unpaired) electrons. The molecule has 0 bridgehead atoms. The van der Waals surface area contributed by atoms with Crippen LogP contribution in [0.1, 0.15) is 17.9 Å². The maximum absolute atomic E-state index is 13.1. The van der Waals surface area contributed by atoms with E-state index in [0.717, 1.165) is 0 Å². The number of halogens is 1. The number of nitrogens with zero attached hydrogens (tertiary/aromatic N) is 1. The van der Waals surface area contributed by atoms with Crippen molar-refractivity contribution in [2.45, 2.75) is 12.3 Å². The number of H-pyrrole nitrogens is 1. The zero-order valence-corrected chi connectivity index (χ0v) is 19.5. The van der Waals surface area contributed by atoms with Crippen molar-refractivity contribution in [3.8, 4) is 11.5 Å². The fraction of sp³-hybridized carbons (Fsp3) is 0.0769. The number of rotatable bonds is 6. The molecule has 180 valence electrons. The van der Waals surface area contributed by atoms with Crippen molar-refractivity contribution in [1.29, 1.82) is 0 Å². The third-order valence-corrected chi connectivity index (χ3v) is 5.69. The Morgan fingerprint density at radius 2 is 1.69 bits per heavy atom. The van der Waals surface area contributed by atoms with Crippen LogP contribution in [0.3, 0.4) is 0 Å². The number of para-hydroxylation sites is 1. The lowest BCUT2D eigenvalue weighted by atomic mass is 9.92. The molecule has 10 heteroatoms. The van der Waals surface area contributed by atoms with Crippen molar-refractivity contribution in [3.05, 3.63) is 99.8 Å². The Morgan fingerprint density at radius 1 is 0.944 bits per heavy atom. The van der Waals surface area contributed by atoms with Gasteiger partial charge in [0, 0.05) is 22.8 Å². The summed E-state index contributed by atoms with van der Waals surface area (Å²) in [6.45, 7) is 0. The van der Waals surface area contributed by atoms with Gasteiger partial charge in [-0.2, -0.15) is 4.98 Å². The number of hydrogen-bond donors (Lipinski definition) is 4. The first-order valence-corrected chi connectivity index (χ1v) is 11.4. The third-order valence-electron chi connectivity index (χ3n) is 5.46. The molecule has 2 heterocycles. The monoisotopic (exact) mass is 501 g/mol. The van der Waals surface area contributed by atoms with Crippen LogP contribution in [-0.2, 0) is 9.59 Å². The van der Waals surface area contributed by atoms with Crippen LogP contribution in [0.2, 0.25) is 5.02 Å². The second-order valence-electron chi connectivity index (χ2n) is 8.05. The van der Waals surface area contributed by atoms with Crippen molar-refractivity contribution in [3.63, 3.8) is 0 Å². The van der Waals surface area contributed by atoms with Gasteiger partial charge in [0.05, 0.1) is 11.5 Å². The first-order valence-electron chi connectivity index (χ1n) is 11.0. The number of benzene rings is 3. The van der Waals surface area contributed by atoms with Crippen LogP contribution in [0, 0.1) is 0 Å². The van der Waals surface area contributed by atoms with Gasteiger partial charge in [0.1, 0.15) is 17.3 Å². The lowest BCUT2D eigenvalue weighted by Crippen LogP contribution is -2.36. The molecule has 0 aliphatic carbocycles. The molecule has 5 rings (SSSR count). The zero-order valence-electron chi connectivity index (χ0n) is 18.7. The number of nitrogens with one attached hydrogen (secondary N) is 4. The van der Waals surface area contributed by atoms with E-state index >= 15 is 0 Å². The minimum absolute atomic E-state index is 0.0336. The Hall–Kier alpha value is -4.63. The third kappa shape index (κ3) is 5.21. The van der Waals surface area contributed by atoms with E-state index in [9.17, 15) is 14.4 Å². The maximum Gasteiger partial charge on any atom is 0.258 e. The number of amides is 2. The molecule has 2 amide bonds. The summed E-state index contributed by atoms with van der Waals surface area (Å²) < 4.78 is 5.76. The Morgan fingerprint density at radius 3 is 2.44 bits per heavy atom. The van der Waals surface area contributed by atoms with Gasteiger partial charge >= 0.3 is 0 Å². The fourth-order valence-corrected chi connectivity index (χ4v) is 4.01. The zero-order chi connectivity index (χ0) is 25.1. The summed E-state index contributed by atoms with van der Waals surface area (Å²) in [5, 5.41) is 8.80. The van der Waals surface area contributed by atoms with Gasteiger partial charge in [0.25, 0.3) is 5.56 Å². The Bertz CT molecular complexity index is 1490. The molecule has 0 saturated heterocycles. The molecule has 1 atom stereocenters. The van der Waals surface area contributed by atoms with E-state index in [1.165, 1.54) is 0 Å². The van der Waals surface area contributed by atoms with E-state index in [2.05, 4.69) is 25.9 Å². The molecule has 4 N–H and O–H groups in total. The van der Waals surface area contributed by atoms with Crippen molar-refractivity contribution in [1.82, 2.24) is 9.97 Å². The lowest BCUT2D eigenvalue weighted by molar-refractivity contribution is -0.123. The smallest absolute Gasteiger partial charge is 0.258 e. The van der Waals surface area contributed by atoms with E-state index in [4.69, 9.17) is 16.3 Å². The summed E-state index contributed by atoms with van der Waals surface area (Å²) in [5.41, 5.74) is 0.655. The lowest BCUT2D eigenvalue weighted by Gasteiger charge is -2.23. The van der Waals surface area contributed by atoms with Gasteiger partial charge in [-0.3, -0.25) is 19.4 Å². The average molecular weight is 502 g/mol. The number of fused-ring (bicyclic) bond motifs is 1. The molecule has 1 aromatic heterocycles. The highest BCUT2D eigenvalue weighted by Crippen LogP contribution is 2.31. The van der Waals surface area contributed by atoms with Gasteiger partial charge in [0.15, 0.2) is 0 Å². The summed E-state index contributed by atoms with van der Waals surface area (Å²) in [4.78, 5) is 45.3. The number of aromatic amines is 1. The largest absolute Gasteiger partial charge is 0.457 e. The van der Waals surface area contributed by atoms with Gasteiger partial charge in [-0.05, 0) is 54.6 Å². The normalized spacial score (nSPS) is 14.4. The van der Waals surface area contributed by atoms with Gasteiger partial charge in [-0.15, -0.1) is 0 Å². The molecule has 0 spiro atoms. The van der Waals surface area contributed by atoms with Crippen molar-refractivity contribution >= 4 is 46.6 Å². The van der Waals surface area contributed by atoms with Crippen LogP contribution in [0.5, 0.6) is 11.5 Å². The molecular weight excluding hydrogens is 482 g/mol. The standard InChI is InChI=1S/C26H20ClN5O4/c27-15-5-4-6-17(13-15)29-26-31-23-22(25(35)32-26)20(14-21(33)30-23)24(34)28-16-9-11-19(12-10-16)36-18-7-2-1-3-8-18/h1-13,20H,14H2,(H,28,34)(H3,29,30,31,32,33,35). The topological polar surface area (TPSA) is 125 Å². The molecule has 36 heavy (non-hydrogen) atoms. The minimum atomic E-state index is -1.01. The van der Waals surface area contributed by atoms with E-state index < -0.39 is 23.3 Å². The van der Waals surface area contributed by atoms with Crippen molar-refractivity contribution in [2.75, 3.05) is 16.0 Å². The summed E-state index contributed by atoms with van der Waals surface area (Å²) in [7, 11) is 0. The van der Waals surface area contributed by atoms with Gasteiger partial charge < -0.3 is 20.7 Å². The number of ether oxygens (including phenoxy) is 1. The van der Waals surface area contributed by atoms with E-state index in [0.29, 0.717) is 27.9 Å². The van der Waals surface area contributed by atoms with E-state index in [1.807, 2.05) is 30.3 Å². The molecule has 1 unspecified atom stereocenters. The van der Waals surface area contributed by atoms with Gasteiger partial charge in [0.2, 0.25) is 17.8 Å². The summed E-state index contributed by atoms with van der Waals surface area (Å²) >= 11 is 6.00. The molecule has 1 aliphatic heterocycles. The molecular formula is C26H20ClN5O4. The Labute approximate surface area is 210 Å². The number of carbonyl (C=O) groups excluding carboxylic acids is 2. The first kappa shape index (κ1) is 23.1. The SMILES string of the molecule is O=C1CC(C(=O)Nc2ccc(Oc3ccccc3)cc2)c2c(nc(Nc3cccc(Cl)c3)[nH]c2=O)N1. The molecule has 0 fully saturated rings. The number of aromatic nitrogens is 2. The van der Waals surface area contributed by atoms with Crippen LogP contribution in [0.15, 0.2) is 83.7 Å². The number of hydrogen-bond acceptors (Lipinski definition) is 6. The highest BCUT2D eigenvalue weighted by Gasteiger charge is 2.34. The van der Waals surface area contributed by atoms with Gasteiger partial charge in [-0.1, -0.05) is 35.9 Å². The van der Waals surface area contributed by atoms with Crippen molar-refractivity contribution < 1.29 is 14.3 Å². The average Bonchev–Trinajstić information content (AvgIpc) is 2.85. The Balaban J connectivity index is 1.34. The second kappa shape index (κ2) is 9.93. The summed E-state index contributed by atoms with van der Waals surface area (Å²) in [6, 6.07) is 23.0. The molecule has 3 aromatic carbocycles. The highest BCUT2D eigenvalue weighted by molar-refractivity contribution is 6.30. The van der Waals surface area contributed by atoms with Crippen LogP contribution >= 0.6 is 11.6 Å². The van der Waals surface area contributed by atoms with Crippen LogP contribution in [0.4, 0.5) is 23.1 Å². The molecule has 4 aromatic rings. The molecule has 9 nitrogen and oxygen atoms in total. The predicted octanol–water partition coefficient (Wildman–Crippen LogP) is 5.02. The van der Waals surface area contributed by atoms with Gasteiger partial charge in [-0.25, -0.2) is 0 Å². The maximum atomic E-state index is 13.1. The Kier molecular flexibility index (Phi) is 6.38. The van der Waals surface area contributed by atoms with Crippen LogP contribution in [0.25, 0.3) is 0 Å². The summed E-state index contributed by atoms with van der Waals surface area (Å²) in [6.07, 6.45) is -0.181. The number of anilines is 4. The fourth-order valence-electron chi connectivity index (χ4n) is 3.82. The highest BCUT2D eigenvalue weighted by atomic mass is 35.5. The molecule has 0 saturated carbocycles.